The Morgan fingerprint density at radius 2 is 1.90 bits per heavy atom. The molecule has 2 unspecified atom stereocenters. The number of piperidine rings is 1. The number of fused-ring (bicyclic) bond motifs is 1. The maximum absolute atomic E-state index is 9.47. The molecule has 2 heterocycles. The van der Waals surface area contributed by atoms with Crippen molar-refractivity contribution in [3.8, 4) is 0 Å². The molecule has 1 saturated heterocycles. The van der Waals surface area contributed by atoms with E-state index in [0.717, 1.165) is 43.3 Å². The summed E-state index contributed by atoms with van der Waals surface area (Å²) in [6.45, 7) is 6.09. The molecule has 2 fully saturated rings. The van der Waals surface area contributed by atoms with Gasteiger partial charge in [-0.15, -0.1) is 0 Å². The highest BCUT2D eigenvalue weighted by atomic mass is 16.3. The van der Waals surface area contributed by atoms with Crippen LogP contribution in [0.15, 0.2) is 6.07 Å². The van der Waals surface area contributed by atoms with E-state index < -0.39 is 0 Å². The summed E-state index contributed by atoms with van der Waals surface area (Å²) < 4.78 is 0. The van der Waals surface area contributed by atoms with Gasteiger partial charge in [0.05, 0.1) is 13.2 Å². The average molecular weight is 277 g/mol. The van der Waals surface area contributed by atoms with Crippen LogP contribution in [0.4, 0.5) is 5.82 Å². The summed E-state index contributed by atoms with van der Waals surface area (Å²) >= 11 is 0. The van der Waals surface area contributed by atoms with Crippen molar-refractivity contribution in [3.05, 3.63) is 17.6 Å². The molecule has 5 nitrogen and oxygen atoms in total. The fourth-order valence-electron chi connectivity index (χ4n) is 3.65. The SMILES string of the molecule is CCCc1nc(C)cc(N2CC3C(C2)C3(CO)CO)n1. The predicted octanol–water partition coefficient (Wildman–Crippen LogP) is 0.775. The summed E-state index contributed by atoms with van der Waals surface area (Å²) in [6.07, 6.45) is 1.96. The van der Waals surface area contributed by atoms with Gasteiger partial charge in [-0.25, -0.2) is 9.97 Å². The first-order chi connectivity index (χ1) is 9.64. The molecule has 3 rings (SSSR count). The molecule has 1 saturated carbocycles. The largest absolute Gasteiger partial charge is 0.396 e. The van der Waals surface area contributed by atoms with Crippen molar-refractivity contribution in [1.29, 1.82) is 0 Å². The zero-order valence-corrected chi connectivity index (χ0v) is 12.2. The Labute approximate surface area is 119 Å². The first kappa shape index (κ1) is 13.8. The molecule has 110 valence electrons. The van der Waals surface area contributed by atoms with Gasteiger partial charge in [0.25, 0.3) is 0 Å². The zero-order valence-electron chi connectivity index (χ0n) is 12.2. The third-order valence-corrected chi connectivity index (χ3v) is 4.96. The Hall–Kier alpha value is -1.20. The van der Waals surface area contributed by atoms with E-state index in [1.54, 1.807) is 0 Å². The van der Waals surface area contributed by atoms with Crippen LogP contribution in [0.2, 0.25) is 0 Å². The molecule has 1 aromatic rings. The van der Waals surface area contributed by atoms with Crippen LogP contribution in [-0.2, 0) is 6.42 Å². The van der Waals surface area contributed by atoms with Gasteiger partial charge in [-0.05, 0) is 25.2 Å². The van der Waals surface area contributed by atoms with Gasteiger partial charge < -0.3 is 15.1 Å². The van der Waals surface area contributed by atoms with Crippen LogP contribution in [0, 0.1) is 24.2 Å². The maximum Gasteiger partial charge on any atom is 0.132 e. The fraction of sp³-hybridized carbons (Fsp3) is 0.733. The molecule has 2 atom stereocenters. The fourth-order valence-corrected chi connectivity index (χ4v) is 3.65. The van der Waals surface area contributed by atoms with E-state index in [4.69, 9.17) is 0 Å². The number of aliphatic hydroxyl groups is 2. The van der Waals surface area contributed by atoms with Gasteiger partial charge >= 0.3 is 0 Å². The normalized spacial score (nSPS) is 26.7. The van der Waals surface area contributed by atoms with Crippen LogP contribution >= 0.6 is 0 Å². The van der Waals surface area contributed by atoms with E-state index >= 15 is 0 Å². The molecule has 0 spiro atoms. The highest BCUT2D eigenvalue weighted by Gasteiger charge is 2.67. The molecule has 0 bridgehead atoms. The van der Waals surface area contributed by atoms with E-state index in [-0.39, 0.29) is 18.6 Å². The summed E-state index contributed by atoms with van der Waals surface area (Å²) in [6, 6.07) is 2.03. The Morgan fingerprint density at radius 3 is 2.45 bits per heavy atom. The lowest BCUT2D eigenvalue weighted by Crippen LogP contribution is -2.32. The van der Waals surface area contributed by atoms with Gasteiger partial charge in [0.15, 0.2) is 0 Å². The quantitative estimate of drug-likeness (QED) is 0.832. The highest BCUT2D eigenvalue weighted by molar-refractivity contribution is 5.44. The maximum atomic E-state index is 9.47. The van der Waals surface area contributed by atoms with E-state index in [9.17, 15) is 10.2 Å². The number of hydrogen-bond acceptors (Lipinski definition) is 5. The van der Waals surface area contributed by atoms with Crippen molar-refractivity contribution < 1.29 is 10.2 Å². The lowest BCUT2D eigenvalue weighted by molar-refractivity contribution is 0.109. The van der Waals surface area contributed by atoms with Gasteiger partial charge in [0, 0.05) is 36.7 Å². The Balaban J connectivity index is 1.74. The molecular formula is C15H23N3O2. The number of rotatable bonds is 5. The molecule has 1 aromatic heterocycles. The third-order valence-electron chi connectivity index (χ3n) is 4.96. The van der Waals surface area contributed by atoms with Crippen molar-refractivity contribution in [1.82, 2.24) is 9.97 Å². The highest BCUT2D eigenvalue weighted by Crippen LogP contribution is 2.62. The topological polar surface area (TPSA) is 69.5 Å². The number of anilines is 1. The Kier molecular flexibility index (Phi) is 3.42. The lowest BCUT2D eigenvalue weighted by Gasteiger charge is -2.25. The van der Waals surface area contributed by atoms with Crippen molar-refractivity contribution in [2.45, 2.75) is 26.7 Å². The van der Waals surface area contributed by atoms with Crippen molar-refractivity contribution in [3.63, 3.8) is 0 Å². The standard InChI is InChI=1S/C15H23N3O2/c1-3-4-13-16-10(2)5-14(17-13)18-6-11-12(7-18)15(11,8-19)9-20/h5,11-12,19-20H,3-4,6-9H2,1-2H3. The van der Waals surface area contributed by atoms with Gasteiger partial charge in [-0.2, -0.15) is 0 Å². The van der Waals surface area contributed by atoms with E-state index in [1.807, 2.05) is 13.0 Å². The minimum Gasteiger partial charge on any atom is -0.396 e. The number of aryl methyl sites for hydroxylation is 2. The molecule has 5 heteroatoms. The summed E-state index contributed by atoms with van der Waals surface area (Å²) in [5, 5.41) is 18.9. The van der Waals surface area contributed by atoms with Gasteiger partial charge in [-0.1, -0.05) is 6.92 Å². The summed E-state index contributed by atoms with van der Waals surface area (Å²) in [5.41, 5.74) is 0.778. The number of aromatic nitrogens is 2. The Morgan fingerprint density at radius 1 is 1.25 bits per heavy atom. The summed E-state index contributed by atoms with van der Waals surface area (Å²) in [7, 11) is 0. The smallest absolute Gasteiger partial charge is 0.132 e. The van der Waals surface area contributed by atoms with E-state index in [1.165, 1.54) is 0 Å². The van der Waals surface area contributed by atoms with Crippen LogP contribution in [0.1, 0.15) is 24.9 Å². The second-order valence-electron chi connectivity index (χ2n) is 6.20. The van der Waals surface area contributed by atoms with Crippen LogP contribution in [0.5, 0.6) is 0 Å². The predicted molar refractivity (Wildman–Crippen MR) is 76.6 cm³/mol. The molecule has 20 heavy (non-hydrogen) atoms. The van der Waals surface area contributed by atoms with Gasteiger partial charge in [0.1, 0.15) is 11.6 Å². The second-order valence-corrected chi connectivity index (χ2v) is 6.20. The second kappa shape index (κ2) is 4.97. The molecular weight excluding hydrogens is 254 g/mol. The first-order valence-electron chi connectivity index (χ1n) is 7.46. The van der Waals surface area contributed by atoms with Crippen molar-refractivity contribution in [2.75, 3.05) is 31.2 Å². The average Bonchev–Trinajstić information content (AvgIpc) is 2.80. The van der Waals surface area contributed by atoms with Gasteiger partial charge in [0.2, 0.25) is 0 Å². The van der Waals surface area contributed by atoms with Crippen molar-refractivity contribution >= 4 is 5.82 Å². The molecule has 2 aliphatic rings. The first-order valence-corrected chi connectivity index (χ1v) is 7.46. The van der Waals surface area contributed by atoms with Crippen LogP contribution in [0.25, 0.3) is 0 Å². The van der Waals surface area contributed by atoms with Crippen LogP contribution < -0.4 is 4.90 Å². The minimum atomic E-state index is -0.231. The van der Waals surface area contributed by atoms with E-state index in [2.05, 4.69) is 21.8 Å². The van der Waals surface area contributed by atoms with Crippen molar-refractivity contribution in [2.24, 2.45) is 17.3 Å². The third kappa shape index (κ3) is 2.00. The zero-order chi connectivity index (χ0) is 14.3. The lowest BCUT2D eigenvalue weighted by atomic mass is 10.0. The molecule has 0 aromatic carbocycles. The van der Waals surface area contributed by atoms with Crippen LogP contribution in [0.3, 0.4) is 0 Å². The van der Waals surface area contributed by atoms with Crippen LogP contribution in [-0.4, -0.2) is 46.5 Å². The molecule has 2 N–H and O–H groups in total. The Bertz CT molecular complexity index is 488. The molecule has 1 aliphatic heterocycles. The number of aliphatic hydroxyl groups excluding tert-OH is 2. The number of nitrogens with zero attached hydrogens (tertiary/aromatic N) is 3. The summed E-state index contributed by atoms with van der Waals surface area (Å²) in [5.74, 6) is 2.72. The minimum absolute atomic E-state index is 0.0938. The molecule has 0 amide bonds. The molecule has 1 aliphatic carbocycles. The number of hydrogen-bond donors (Lipinski definition) is 2. The monoisotopic (exact) mass is 277 g/mol. The van der Waals surface area contributed by atoms with Gasteiger partial charge in [-0.3, -0.25) is 0 Å². The van der Waals surface area contributed by atoms with E-state index in [0.29, 0.717) is 11.8 Å². The summed E-state index contributed by atoms with van der Waals surface area (Å²) in [4.78, 5) is 11.4. The molecule has 0 radical (unpaired) electrons.